The van der Waals surface area contributed by atoms with Gasteiger partial charge in [0.2, 0.25) is 0 Å². The summed E-state index contributed by atoms with van der Waals surface area (Å²) in [5.41, 5.74) is 0.205. The largest absolute Gasteiger partial charge is 0.316 e. The van der Waals surface area contributed by atoms with E-state index in [1.165, 1.54) is 4.57 Å². The first-order valence-electron chi connectivity index (χ1n) is 6.78. The van der Waals surface area contributed by atoms with Crippen molar-refractivity contribution in [3.05, 3.63) is 20.7 Å². The molecule has 2 aromatic rings. The fraction of sp³-hybridized carbons (Fsp3) is 0.615. The number of nitrogens with one attached hydrogen (secondary N) is 1. The van der Waals surface area contributed by atoms with Gasteiger partial charge >= 0.3 is 11.1 Å². The molecule has 0 saturated heterocycles. The quantitative estimate of drug-likeness (QED) is 0.671. The molecule has 2 aromatic heterocycles. The van der Waals surface area contributed by atoms with Gasteiger partial charge in [0.25, 0.3) is 0 Å². The number of H-pyrrole nitrogens is 1. The first kappa shape index (κ1) is 14.9. The third-order valence-corrected chi connectivity index (χ3v) is 4.33. The number of aromatic amines is 1. The fourth-order valence-electron chi connectivity index (χ4n) is 1.99. The first-order chi connectivity index (χ1) is 9.45. The van der Waals surface area contributed by atoms with Crippen LogP contribution in [0, 0.1) is 5.92 Å². The molecule has 1 N–H and O–H groups in total. The molecule has 0 aromatic carbocycles. The molecule has 7 heteroatoms. The maximum Gasteiger partial charge on any atom is 0.316 e. The minimum absolute atomic E-state index is 0.533. The molecule has 0 unspecified atom stereocenters. The molecular weight excluding hydrogens is 276 g/mol. The van der Waals surface area contributed by atoms with Crippen molar-refractivity contribution in [3.8, 4) is 0 Å². The van der Waals surface area contributed by atoms with Crippen molar-refractivity contribution in [1.29, 1.82) is 0 Å². The van der Waals surface area contributed by atoms with Crippen LogP contribution < -0.4 is 11.1 Å². The van der Waals surface area contributed by atoms with Gasteiger partial charge < -0.3 is 9.55 Å². The molecule has 0 aliphatic rings. The summed E-state index contributed by atoms with van der Waals surface area (Å²) in [6, 6.07) is 0. The first-order valence-corrected chi connectivity index (χ1v) is 7.76. The van der Waals surface area contributed by atoms with Gasteiger partial charge in [0.1, 0.15) is 10.5 Å². The van der Waals surface area contributed by atoms with E-state index in [0.29, 0.717) is 23.6 Å². The van der Waals surface area contributed by atoms with Crippen molar-refractivity contribution in [3.63, 3.8) is 0 Å². The van der Waals surface area contributed by atoms with Crippen molar-refractivity contribution < 1.29 is 0 Å². The maximum absolute atomic E-state index is 11.8. The molecule has 0 amide bonds. The Bertz CT molecular complexity index is 726. The number of fused-ring (bicyclic) bond motifs is 1. The Labute approximate surface area is 121 Å². The predicted molar refractivity (Wildman–Crippen MR) is 81.4 cm³/mol. The summed E-state index contributed by atoms with van der Waals surface area (Å²) in [6.07, 6.45) is 0.913. The average molecular weight is 296 g/mol. The lowest BCUT2D eigenvalue weighted by molar-refractivity contribution is 0.601. The normalized spacial score (nSPS) is 11.7. The van der Waals surface area contributed by atoms with Gasteiger partial charge in [-0.2, -0.15) is 5.10 Å². The number of aromatic nitrogens is 4. The van der Waals surface area contributed by atoms with E-state index in [2.05, 4.69) is 30.9 Å². The molecule has 0 atom stereocenters. The Morgan fingerprint density at radius 1 is 1.35 bits per heavy atom. The minimum atomic E-state index is -0.599. The van der Waals surface area contributed by atoms with Crippen LogP contribution in [0.2, 0.25) is 0 Å². The van der Waals surface area contributed by atoms with Crippen molar-refractivity contribution in [2.75, 3.05) is 5.75 Å². The monoisotopic (exact) mass is 296 g/mol. The zero-order chi connectivity index (χ0) is 14.9. The summed E-state index contributed by atoms with van der Waals surface area (Å²) in [7, 11) is 1.62. The van der Waals surface area contributed by atoms with Crippen LogP contribution in [0.15, 0.2) is 14.6 Å². The molecule has 6 nitrogen and oxygen atoms in total. The van der Waals surface area contributed by atoms with Crippen LogP contribution in [0.5, 0.6) is 0 Å². The third kappa shape index (κ3) is 2.67. The molecule has 0 saturated carbocycles. The topological polar surface area (TPSA) is 72.7 Å². The van der Waals surface area contributed by atoms with E-state index >= 15 is 0 Å². The molecule has 20 heavy (non-hydrogen) atoms. The van der Waals surface area contributed by atoms with Crippen LogP contribution in [0.4, 0.5) is 0 Å². The summed E-state index contributed by atoms with van der Waals surface area (Å²) in [4.78, 5) is 26.1. The van der Waals surface area contributed by atoms with Crippen molar-refractivity contribution in [2.45, 2.75) is 38.8 Å². The standard InChI is InChI=1S/C13H20N4O2S/c1-5-6-17-10-9(12(15-17)20-7-8(2)3)16(4)13(19)11(18)14-10/h8H,5-7H2,1-4H3,(H,14,18). The molecule has 0 bridgehead atoms. The smallest absolute Gasteiger partial charge is 0.302 e. The molecular formula is C13H20N4O2S. The minimum Gasteiger partial charge on any atom is -0.302 e. The third-order valence-electron chi connectivity index (χ3n) is 2.95. The Morgan fingerprint density at radius 3 is 2.65 bits per heavy atom. The summed E-state index contributed by atoms with van der Waals surface area (Å²) in [5, 5.41) is 5.35. The SMILES string of the molecule is CCCn1nc(SCC(C)C)c2c1[nH]c(=O)c(=O)n2C. The second-order valence-corrected chi connectivity index (χ2v) is 6.26. The van der Waals surface area contributed by atoms with Gasteiger partial charge in [-0.1, -0.05) is 20.8 Å². The van der Waals surface area contributed by atoms with E-state index in [4.69, 9.17) is 0 Å². The number of aryl methyl sites for hydroxylation is 2. The highest BCUT2D eigenvalue weighted by atomic mass is 32.2. The molecule has 2 heterocycles. The molecule has 0 radical (unpaired) electrons. The number of hydrogen-bond donors (Lipinski definition) is 1. The van der Waals surface area contributed by atoms with Crippen LogP contribution in [-0.2, 0) is 13.6 Å². The van der Waals surface area contributed by atoms with Gasteiger partial charge in [-0.25, -0.2) is 4.68 Å². The zero-order valence-corrected chi connectivity index (χ0v) is 13.1. The summed E-state index contributed by atoms with van der Waals surface area (Å²) >= 11 is 1.62. The van der Waals surface area contributed by atoms with Crippen LogP contribution in [0.25, 0.3) is 11.2 Å². The van der Waals surface area contributed by atoms with E-state index in [1.54, 1.807) is 23.5 Å². The second kappa shape index (κ2) is 5.87. The van der Waals surface area contributed by atoms with Gasteiger partial charge in [-0.05, 0) is 12.3 Å². The zero-order valence-electron chi connectivity index (χ0n) is 12.3. The average Bonchev–Trinajstić information content (AvgIpc) is 2.72. The van der Waals surface area contributed by atoms with Crippen molar-refractivity contribution >= 4 is 22.9 Å². The molecule has 0 aliphatic heterocycles. The van der Waals surface area contributed by atoms with E-state index in [9.17, 15) is 9.59 Å². The number of rotatable bonds is 5. The van der Waals surface area contributed by atoms with E-state index in [0.717, 1.165) is 17.2 Å². The Hall–Kier alpha value is -1.50. The summed E-state index contributed by atoms with van der Waals surface area (Å²) in [5.74, 6) is 1.46. The van der Waals surface area contributed by atoms with Crippen LogP contribution in [-0.4, -0.2) is 25.1 Å². The van der Waals surface area contributed by atoms with E-state index < -0.39 is 11.1 Å². The highest BCUT2D eigenvalue weighted by Crippen LogP contribution is 2.26. The Balaban J connectivity index is 2.65. The number of hydrogen-bond acceptors (Lipinski definition) is 4. The Kier molecular flexibility index (Phi) is 4.37. The van der Waals surface area contributed by atoms with Crippen LogP contribution in [0.1, 0.15) is 27.2 Å². The van der Waals surface area contributed by atoms with Crippen molar-refractivity contribution in [2.24, 2.45) is 13.0 Å². The van der Waals surface area contributed by atoms with E-state index in [1.807, 2.05) is 0 Å². The molecule has 0 aliphatic carbocycles. The lowest BCUT2D eigenvalue weighted by Crippen LogP contribution is -2.35. The molecule has 0 fully saturated rings. The predicted octanol–water partition coefficient (Wildman–Crippen LogP) is 1.58. The van der Waals surface area contributed by atoms with E-state index in [-0.39, 0.29) is 0 Å². The summed E-state index contributed by atoms with van der Waals surface area (Å²) in [6.45, 7) is 7.04. The number of thioether (sulfide) groups is 1. The highest BCUT2D eigenvalue weighted by molar-refractivity contribution is 7.99. The second-order valence-electron chi connectivity index (χ2n) is 5.25. The fourth-order valence-corrected chi connectivity index (χ4v) is 3.01. The van der Waals surface area contributed by atoms with Gasteiger partial charge in [0.15, 0.2) is 5.65 Å². The van der Waals surface area contributed by atoms with Gasteiger partial charge in [0, 0.05) is 19.3 Å². The van der Waals surface area contributed by atoms with Crippen LogP contribution >= 0.6 is 11.8 Å². The highest BCUT2D eigenvalue weighted by Gasteiger charge is 2.16. The molecule has 2 rings (SSSR count). The van der Waals surface area contributed by atoms with Crippen molar-refractivity contribution in [1.82, 2.24) is 19.3 Å². The van der Waals surface area contributed by atoms with Gasteiger partial charge in [0.05, 0.1) is 0 Å². The number of nitrogens with zero attached hydrogens (tertiary/aromatic N) is 3. The van der Waals surface area contributed by atoms with Gasteiger partial charge in [-0.3, -0.25) is 9.59 Å². The molecule has 0 spiro atoms. The van der Waals surface area contributed by atoms with Crippen LogP contribution in [0.3, 0.4) is 0 Å². The maximum atomic E-state index is 11.8. The summed E-state index contributed by atoms with van der Waals surface area (Å²) < 4.78 is 3.18. The Morgan fingerprint density at radius 2 is 2.05 bits per heavy atom. The lowest BCUT2D eigenvalue weighted by Gasteiger charge is -2.03. The lowest BCUT2D eigenvalue weighted by atomic mass is 10.3. The molecule has 110 valence electrons. The van der Waals surface area contributed by atoms with Gasteiger partial charge in [-0.15, -0.1) is 11.8 Å².